The van der Waals surface area contributed by atoms with Gasteiger partial charge in [0.15, 0.2) is 0 Å². The highest BCUT2D eigenvalue weighted by molar-refractivity contribution is 7.92. The Labute approximate surface area is 142 Å². The van der Waals surface area contributed by atoms with Crippen molar-refractivity contribution in [1.29, 1.82) is 0 Å². The van der Waals surface area contributed by atoms with Crippen molar-refractivity contribution in [2.24, 2.45) is 0 Å². The summed E-state index contributed by atoms with van der Waals surface area (Å²) in [6.45, 7) is 2.97. The average molecular weight is 349 g/mol. The standard InChI is InChI=1S/C17H23N3O3S/c1-4-20-10-15(18-11-20)13-6-5-7-14-12(13)8-9-16(23-2)17(14)19-24(3,21)22/h8-11,13,19H,4-7H2,1-3H3. The third-order valence-corrected chi connectivity index (χ3v) is 5.06. The van der Waals surface area contributed by atoms with E-state index in [0.717, 1.165) is 48.9 Å². The fourth-order valence-electron chi connectivity index (χ4n) is 3.38. The number of nitrogens with one attached hydrogen (secondary N) is 1. The summed E-state index contributed by atoms with van der Waals surface area (Å²) in [4.78, 5) is 4.55. The van der Waals surface area contributed by atoms with Gasteiger partial charge in [-0.2, -0.15) is 0 Å². The molecule has 1 aromatic carbocycles. The van der Waals surface area contributed by atoms with Crippen molar-refractivity contribution in [1.82, 2.24) is 9.55 Å². The van der Waals surface area contributed by atoms with Gasteiger partial charge in [-0.25, -0.2) is 13.4 Å². The lowest BCUT2D eigenvalue weighted by molar-refractivity contribution is 0.415. The van der Waals surface area contributed by atoms with E-state index < -0.39 is 10.0 Å². The number of aryl methyl sites for hydroxylation is 1. The Kier molecular flexibility index (Phi) is 4.54. The predicted octanol–water partition coefficient (Wildman–Crippen LogP) is 2.75. The lowest BCUT2D eigenvalue weighted by Gasteiger charge is -2.27. The van der Waals surface area contributed by atoms with Gasteiger partial charge in [0.25, 0.3) is 0 Å². The molecule has 1 aliphatic rings. The smallest absolute Gasteiger partial charge is 0.229 e. The molecule has 0 aliphatic heterocycles. The van der Waals surface area contributed by atoms with E-state index in [0.29, 0.717) is 11.4 Å². The molecule has 1 unspecified atom stereocenters. The Bertz CT molecular complexity index is 843. The van der Waals surface area contributed by atoms with Gasteiger partial charge in [0, 0.05) is 18.7 Å². The molecule has 0 amide bonds. The Morgan fingerprint density at radius 3 is 2.83 bits per heavy atom. The average Bonchev–Trinajstić information content (AvgIpc) is 3.02. The zero-order valence-corrected chi connectivity index (χ0v) is 15.1. The van der Waals surface area contributed by atoms with Crippen molar-refractivity contribution in [3.8, 4) is 5.75 Å². The van der Waals surface area contributed by atoms with Crippen LogP contribution in [0.15, 0.2) is 24.7 Å². The van der Waals surface area contributed by atoms with Crippen molar-refractivity contribution in [2.45, 2.75) is 38.6 Å². The van der Waals surface area contributed by atoms with Crippen molar-refractivity contribution < 1.29 is 13.2 Å². The van der Waals surface area contributed by atoms with Crippen LogP contribution in [0, 0.1) is 0 Å². The SMILES string of the molecule is CCn1cnc(C2CCCc3c2ccc(OC)c3NS(C)(=O)=O)c1. The monoisotopic (exact) mass is 349 g/mol. The van der Waals surface area contributed by atoms with Gasteiger partial charge in [0.05, 0.1) is 31.1 Å². The second kappa shape index (κ2) is 6.47. The molecule has 0 bridgehead atoms. The fraction of sp³-hybridized carbons (Fsp3) is 0.471. The Morgan fingerprint density at radius 2 is 2.21 bits per heavy atom. The zero-order chi connectivity index (χ0) is 17.3. The minimum absolute atomic E-state index is 0.188. The number of nitrogens with zero attached hydrogens (tertiary/aromatic N) is 2. The number of aromatic nitrogens is 2. The number of rotatable bonds is 5. The molecule has 24 heavy (non-hydrogen) atoms. The summed E-state index contributed by atoms with van der Waals surface area (Å²) >= 11 is 0. The van der Waals surface area contributed by atoms with E-state index in [1.165, 1.54) is 0 Å². The second-order valence-corrected chi connectivity index (χ2v) is 7.91. The zero-order valence-electron chi connectivity index (χ0n) is 14.2. The quantitative estimate of drug-likeness (QED) is 0.901. The van der Waals surface area contributed by atoms with E-state index in [4.69, 9.17) is 4.74 Å². The Morgan fingerprint density at radius 1 is 1.42 bits per heavy atom. The van der Waals surface area contributed by atoms with E-state index >= 15 is 0 Å². The fourth-order valence-corrected chi connectivity index (χ4v) is 3.98. The normalized spacial score (nSPS) is 17.4. The highest BCUT2D eigenvalue weighted by Gasteiger charge is 2.27. The first-order valence-electron chi connectivity index (χ1n) is 8.12. The first-order chi connectivity index (χ1) is 11.4. The second-order valence-electron chi connectivity index (χ2n) is 6.16. The number of hydrogen-bond acceptors (Lipinski definition) is 4. The molecule has 7 heteroatoms. The molecule has 130 valence electrons. The van der Waals surface area contributed by atoms with Crippen LogP contribution in [0.5, 0.6) is 5.75 Å². The number of fused-ring (bicyclic) bond motifs is 1. The molecule has 0 saturated heterocycles. The Hall–Kier alpha value is -2.02. The van der Waals surface area contributed by atoms with Gasteiger partial charge in [-0.3, -0.25) is 4.72 Å². The minimum atomic E-state index is -3.37. The van der Waals surface area contributed by atoms with Crippen LogP contribution in [0.1, 0.15) is 42.5 Å². The first-order valence-corrected chi connectivity index (χ1v) is 10.0. The number of hydrogen-bond donors (Lipinski definition) is 1. The van der Waals surface area contributed by atoms with Gasteiger partial charge in [-0.15, -0.1) is 0 Å². The molecule has 6 nitrogen and oxygen atoms in total. The molecule has 0 spiro atoms. The van der Waals surface area contributed by atoms with E-state index in [-0.39, 0.29) is 5.92 Å². The van der Waals surface area contributed by atoms with Crippen LogP contribution in [-0.4, -0.2) is 31.3 Å². The largest absolute Gasteiger partial charge is 0.495 e. The van der Waals surface area contributed by atoms with Crippen molar-refractivity contribution in [3.05, 3.63) is 41.5 Å². The Balaban J connectivity index is 2.09. The molecule has 1 aliphatic carbocycles. The van der Waals surface area contributed by atoms with Crippen molar-refractivity contribution in [3.63, 3.8) is 0 Å². The highest BCUT2D eigenvalue weighted by atomic mass is 32.2. The van der Waals surface area contributed by atoms with Crippen LogP contribution >= 0.6 is 0 Å². The summed E-state index contributed by atoms with van der Waals surface area (Å²) in [5.41, 5.74) is 3.75. The molecular weight excluding hydrogens is 326 g/mol. The van der Waals surface area contributed by atoms with Gasteiger partial charge < -0.3 is 9.30 Å². The number of benzene rings is 1. The van der Waals surface area contributed by atoms with Crippen molar-refractivity contribution >= 4 is 15.7 Å². The van der Waals surface area contributed by atoms with Crippen LogP contribution < -0.4 is 9.46 Å². The van der Waals surface area contributed by atoms with Crippen LogP contribution in [0.3, 0.4) is 0 Å². The molecule has 1 aromatic heterocycles. The van der Waals surface area contributed by atoms with Gasteiger partial charge in [0.2, 0.25) is 10.0 Å². The van der Waals surface area contributed by atoms with Crippen LogP contribution in [0.2, 0.25) is 0 Å². The van der Waals surface area contributed by atoms with Crippen molar-refractivity contribution in [2.75, 3.05) is 18.1 Å². The van der Waals surface area contributed by atoms with Crippen LogP contribution in [-0.2, 0) is 23.0 Å². The van der Waals surface area contributed by atoms with Gasteiger partial charge in [0.1, 0.15) is 5.75 Å². The lowest BCUT2D eigenvalue weighted by atomic mass is 9.80. The molecule has 1 heterocycles. The van der Waals surface area contributed by atoms with Gasteiger partial charge >= 0.3 is 0 Å². The van der Waals surface area contributed by atoms with Gasteiger partial charge in [-0.1, -0.05) is 6.07 Å². The van der Waals surface area contributed by atoms with E-state index in [2.05, 4.69) is 27.4 Å². The van der Waals surface area contributed by atoms with E-state index in [1.807, 2.05) is 18.5 Å². The number of anilines is 1. The summed E-state index contributed by atoms with van der Waals surface area (Å²) in [7, 11) is -1.82. The van der Waals surface area contributed by atoms with Crippen LogP contribution in [0.25, 0.3) is 0 Å². The number of sulfonamides is 1. The number of methoxy groups -OCH3 is 1. The van der Waals surface area contributed by atoms with E-state index in [1.54, 1.807) is 7.11 Å². The maximum absolute atomic E-state index is 11.8. The van der Waals surface area contributed by atoms with E-state index in [9.17, 15) is 8.42 Å². The third kappa shape index (κ3) is 3.26. The summed E-state index contributed by atoms with van der Waals surface area (Å²) < 4.78 is 33.6. The maximum Gasteiger partial charge on any atom is 0.229 e. The molecule has 0 radical (unpaired) electrons. The summed E-state index contributed by atoms with van der Waals surface area (Å²) in [6.07, 6.45) is 7.92. The number of imidazole rings is 1. The van der Waals surface area contributed by atoms with Gasteiger partial charge in [-0.05, 0) is 43.4 Å². The van der Waals surface area contributed by atoms with Crippen LogP contribution in [0.4, 0.5) is 5.69 Å². The summed E-state index contributed by atoms with van der Waals surface area (Å²) in [5.74, 6) is 0.742. The third-order valence-electron chi connectivity index (χ3n) is 4.49. The molecule has 2 aromatic rings. The summed E-state index contributed by atoms with van der Waals surface area (Å²) in [6, 6.07) is 3.87. The molecule has 1 atom stereocenters. The summed E-state index contributed by atoms with van der Waals surface area (Å²) in [5, 5.41) is 0. The maximum atomic E-state index is 11.8. The molecule has 3 rings (SSSR count). The molecule has 0 saturated carbocycles. The minimum Gasteiger partial charge on any atom is -0.495 e. The predicted molar refractivity (Wildman–Crippen MR) is 94.1 cm³/mol. The molecular formula is C17H23N3O3S. The molecule has 0 fully saturated rings. The lowest BCUT2D eigenvalue weighted by Crippen LogP contribution is -2.17. The first kappa shape index (κ1) is 16.8. The number of ether oxygens (including phenoxy) is 1. The highest BCUT2D eigenvalue weighted by Crippen LogP contribution is 2.42. The molecule has 1 N–H and O–H groups in total. The topological polar surface area (TPSA) is 73.2 Å².